The lowest BCUT2D eigenvalue weighted by Crippen LogP contribution is -2.34. The van der Waals surface area contributed by atoms with Gasteiger partial charge in [0.25, 0.3) is 17.4 Å². The normalized spacial score (nSPS) is 12.9. The molecule has 0 bridgehead atoms. The Morgan fingerprint density at radius 3 is 2.74 bits per heavy atom. The lowest BCUT2D eigenvalue weighted by atomic mass is 10.1. The van der Waals surface area contributed by atoms with E-state index in [4.69, 9.17) is 11.2 Å². The summed E-state index contributed by atoms with van der Waals surface area (Å²) in [5.74, 6) is 2.41. The van der Waals surface area contributed by atoms with E-state index in [2.05, 4.69) is 5.92 Å². The van der Waals surface area contributed by atoms with Crippen molar-refractivity contribution in [3.05, 3.63) is 85.5 Å². The first-order chi connectivity index (χ1) is 16.4. The highest BCUT2D eigenvalue weighted by Crippen LogP contribution is 2.25. The van der Waals surface area contributed by atoms with E-state index in [1.807, 2.05) is 16.8 Å². The zero-order valence-corrected chi connectivity index (χ0v) is 19.9. The number of terminal acetylenes is 1. The van der Waals surface area contributed by atoms with Crippen LogP contribution in [0, 0.1) is 12.3 Å². The Morgan fingerprint density at radius 2 is 2.03 bits per heavy atom. The van der Waals surface area contributed by atoms with Crippen LogP contribution in [0.2, 0.25) is 0 Å². The molecule has 0 atom stereocenters. The van der Waals surface area contributed by atoms with Gasteiger partial charge >= 0.3 is 0 Å². The summed E-state index contributed by atoms with van der Waals surface area (Å²) in [6, 6.07) is 10.3. The molecule has 4 rings (SSSR count). The molecule has 3 heterocycles. The topological polar surface area (TPSA) is 71.9 Å². The minimum absolute atomic E-state index is 0.160. The monoisotopic (exact) mass is 475 g/mol. The van der Waals surface area contributed by atoms with Crippen molar-refractivity contribution in [3.63, 3.8) is 0 Å². The summed E-state index contributed by atoms with van der Waals surface area (Å²) in [7, 11) is 3.18. The van der Waals surface area contributed by atoms with Crippen LogP contribution in [-0.2, 0) is 19.5 Å². The highest BCUT2D eigenvalue weighted by Gasteiger charge is 2.28. The van der Waals surface area contributed by atoms with E-state index in [-0.39, 0.29) is 29.7 Å². The third-order valence-electron chi connectivity index (χ3n) is 5.94. The maximum atomic E-state index is 13.5. The van der Waals surface area contributed by atoms with Gasteiger partial charge in [0, 0.05) is 62.5 Å². The highest BCUT2D eigenvalue weighted by molar-refractivity contribution is 7.07. The number of pyridine rings is 1. The number of benzene rings is 1. The second-order valence-electron chi connectivity index (χ2n) is 8.08. The Labute approximate surface area is 202 Å². The lowest BCUT2D eigenvalue weighted by Gasteiger charge is -2.22. The zero-order valence-electron chi connectivity index (χ0n) is 19.1. The summed E-state index contributed by atoms with van der Waals surface area (Å²) in [5, 5.41) is 3.96. The molecular formula is C26H25N3O4S. The Hall–Kier alpha value is -3.83. The van der Waals surface area contributed by atoms with Gasteiger partial charge in [0.05, 0.1) is 7.11 Å². The molecule has 2 amide bonds. The Bertz CT molecular complexity index is 1320. The number of thiophene rings is 1. The average molecular weight is 476 g/mol. The third-order valence-corrected chi connectivity index (χ3v) is 6.67. The van der Waals surface area contributed by atoms with Crippen molar-refractivity contribution >= 4 is 23.2 Å². The molecule has 0 spiro atoms. The van der Waals surface area contributed by atoms with Gasteiger partial charge in [0.2, 0.25) is 0 Å². The predicted molar refractivity (Wildman–Crippen MR) is 131 cm³/mol. The molecule has 0 N–H and O–H groups in total. The second kappa shape index (κ2) is 9.98. The molecule has 1 aromatic carbocycles. The van der Waals surface area contributed by atoms with E-state index in [1.165, 1.54) is 13.2 Å². The third kappa shape index (κ3) is 4.61. The fraction of sp³-hybridized carbons (Fsp3) is 0.269. The smallest absolute Gasteiger partial charge is 0.259 e. The van der Waals surface area contributed by atoms with Crippen LogP contribution in [0.1, 0.15) is 37.5 Å². The van der Waals surface area contributed by atoms with Gasteiger partial charge in [-0.15, -0.1) is 6.42 Å². The molecule has 0 saturated heterocycles. The SMILES string of the molecule is C#Cc1cccc(C(=O)N2CCc3c(C(=O)N(C)Cc4ccsc4)c(OC)cc(=O)n3CC2)c1. The van der Waals surface area contributed by atoms with Crippen molar-refractivity contribution in [2.75, 3.05) is 27.2 Å². The van der Waals surface area contributed by atoms with Crippen molar-refractivity contribution in [1.82, 2.24) is 14.4 Å². The van der Waals surface area contributed by atoms with Crippen LogP contribution in [0.15, 0.2) is 52.0 Å². The first-order valence-electron chi connectivity index (χ1n) is 10.9. The number of carbonyl (C=O) groups is 2. The van der Waals surface area contributed by atoms with Crippen molar-refractivity contribution < 1.29 is 14.3 Å². The first kappa shape index (κ1) is 23.3. The summed E-state index contributed by atoms with van der Waals surface area (Å²) in [6.45, 7) is 1.43. The van der Waals surface area contributed by atoms with Gasteiger partial charge in [-0.3, -0.25) is 14.4 Å². The van der Waals surface area contributed by atoms with E-state index < -0.39 is 0 Å². The number of aromatic nitrogens is 1. The molecular weight excluding hydrogens is 450 g/mol. The van der Waals surface area contributed by atoms with E-state index >= 15 is 0 Å². The fourth-order valence-corrected chi connectivity index (χ4v) is 4.85. The minimum Gasteiger partial charge on any atom is -0.496 e. The molecule has 34 heavy (non-hydrogen) atoms. The number of rotatable bonds is 5. The highest BCUT2D eigenvalue weighted by atomic mass is 32.1. The van der Waals surface area contributed by atoms with E-state index in [9.17, 15) is 14.4 Å². The maximum absolute atomic E-state index is 13.5. The first-order valence-corrected chi connectivity index (χ1v) is 11.8. The number of nitrogens with zero attached hydrogens (tertiary/aromatic N) is 3. The maximum Gasteiger partial charge on any atom is 0.259 e. The summed E-state index contributed by atoms with van der Waals surface area (Å²) in [6.07, 6.45) is 5.82. The predicted octanol–water partition coefficient (Wildman–Crippen LogP) is 2.87. The molecule has 3 aromatic rings. The quantitative estimate of drug-likeness (QED) is 0.532. The fourth-order valence-electron chi connectivity index (χ4n) is 4.19. The number of hydrogen-bond donors (Lipinski definition) is 0. The Balaban J connectivity index is 1.65. The molecule has 174 valence electrons. The van der Waals surface area contributed by atoms with Crippen LogP contribution >= 0.6 is 11.3 Å². The molecule has 8 heteroatoms. The van der Waals surface area contributed by atoms with E-state index in [1.54, 1.807) is 57.0 Å². The van der Waals surface area contributed by atoms with Gasteiger partial charge in [0.1, 0.15) is 11.3 Å². The second-order valence-corrected chi connectivity index (χ2v) is 8.86. The lowest BCUT2D eigenvalue weighted by molar-refractivity contribution is 0.0758. The van der Waals surface area contributed by atoms with Crippen molar-refractivity contribution in [3.8, 4) is 18.1 Å². The molecule has 0 aliphatic carbocycles. The molecule has 0 saturated carbocycles. The summed E-state index contributed by atoms with van der Waals surface area (Å²) >= 11 is 1.57. The van der Waals surface area contributed by atoms with Gasteiger partial charge in [-0.1, -0.05) is 12.0 Å². The van der Waals surface area contributed by atoms with Crippen LogP contribution in [0.25, 0.3) is 0 Å². The largest absolute Gasteiger partial charge is 0.496 e. The standard InChI is InChI=1S/C26H25N3O4S/c1-4-18-6-5-7-20(14-18)25(31)28-10-8-21-24(22(33-3)15-23(30)29(21)12-11-28)26(32)27(2)16-19-9-13-34-17-19/h1,5-7,9,13-15,17H,8,10-12,16H2,2-3H3. The number of carbonyl (C=O) groups excluding carboxylic acids is 2. The van der Waals surface area contributed by atoms with Crippen LogP contribution in [0.3, 0.4) is 0 Å². The van der Waals surface area contributed by atoms with Gasteiger partial charge in [-0.2, -0.15) is 11.3 Å². The number of ether oxygens (including phenoxy) is 1. The van der Waals surface area contributed by atoms with Crippen LogP contribution in [0.5, 0.6) is 5.75 Å². The van der Waals surface area contributed by atoms with Crippen LogP contribution in [0.4, 0.5) is 0 Å². The minimum atomic E-state index is -0.257. The molecule has 0 fully saturated rings. The average Bonchev–Trinajstić information content (AvgIpc) is 3.26. The van der Waals surface area contributed by atoms with Crippen LogP contribution in [-0.4, -0.2) is 53.4 Å². The van der Waals surface area contributed by atoms with Crippen LogP contribution < -0.4 is 10.3 Å². The van der Waals surface area contributed by atoms with Gasteiger partial charge in [0.15, 0.2) is 0 Å². The van der Waals surface area contributed by atoms with Gasteiger partial charge in [-0.05, 0) is 40.6 Å². The summed E-state index contributed by atoms with van der Waals surface area (Å²) in [5.41, 5.74) is 2.85. The molecule has 7 nitrogen and oxygen atoms in total. The van der Waals surface area contributed by atoms with E-state index in [0.29, 0.717) is 48.4 Å². The number of hydrogen-bond acceptors (Lipinski definition) is 5. The van der Waals surface area contributed by atoms with Crippen molar-refractivity contribution in [2.45, 2.75) is 19.5 Å². The van der Waals surface area contributed by atoms with Gasteiger partial charge < -0.3 is 19.1 Å². The molecule has 1 aliphatic heterocycles. The van der Waals surface area contributed by atoms with Crippen molar-refractivity contribution in [2.24, 2.45) is 0 Å². The number of fused-ring (bicyclic) bond motifs is 1. The van der Waals surface area contributed by atoms with Gasteiger partial charge in [-0.25, -0.2) is 0 Å². The molecule has 2 aromatic heterocycles. The number of amides is 2. The molecule has 1 aliphatic rings. The number of methoxy groups -OCH3 is 1. The molecule has 0 unspecified atom stereocenters. The van der Waals surface area contributed by atoms with E-state index in [0.717, 1.165) is 5.56 Å². The zero-order chi connectivity index (χ0) is 24.2. The Morgan fingerprint density at radius 1 is 1.21 bits per heavy atom. The summed E-state index contributed by atoms with van der Waals surface area (Å²) < 4.78 is 7.03. The van der Waals surface area contributed by atoms with Crippen molar-refractivity contribution in [1.29, 1.82) is 0 Å². The molecule has 0 radical (unpaired) electrons. The summed E-state index contributed by atoms with van der Waals surface area (Å²) in [4.78, 5) is 42.8. The Kier molecular flexibility index (Phi) is 6.85.